The molecule has 92 valence electrons. The van der Waals surface area contributed by atoms with Crippen molar-refractivity contribution in [3.05, 3.63) is 0 Å². The molecule has 3 N–H and O–H groups in total. The van der Waals surface area contributed by atoms with Gasteiger partial charge in [-0.25, -0.2) is 8.42 Å². The molecule has 0 atom stereocenters. The Morgan fingerprint density at radius 2 is 0.765 bits per heavy atom. The van der Waals surface area contributed by atoms with Gasteiger partial charge in [0.25, 0.3) is 0 Å². The normalized spacial score (nSPS) is 7.00. The molecule has 0 bridgehead atoms. The molecule has 0 unspecified atom stereocenters. The monoisotopic (exact) mass is 446 g/mol. The summed E-state index contributed by atoms with van der Waals surface area (Å²) in [5.74, 6) is 0. The van der Waals surface area contributed by atoms with E-state index in [0.29, 0.717) is 0 Å². The molecule has 0 aliphatic rings. The van der Waals surface area contributed by atoms with Gasteiger partial charge in [0.2, 0.25) is 9.57 Å². The van der Waals surface area contributed by atoms with Crippen LogP contribution in [-0.4, -0.2) is 115 Å². The molecule has 0 aromatic carbocycles. The van der Waals surface area contributed by atoms with E-state index in [9.17, 15) is 8.42 Å². The molecule has 0 spiro atoms. The van der Waals surface area contributed by atoms with Gasteiger partial charge in [0.15, 0.2) is 61.5 Å². The molecule has 0 fully saturated rings. The van der Waals surface area contributed by atoms with Crippen LogP contribution in [0.4, 0.5) is 0 Å². The van der Waals surface area contributed by atoms with Crippen molar-refractivity contribution in [2.24, 2.45) is 0 Å². The molecule has 0 aromatic heterocycles. The smallest absolute Gasteiger partial charge is 1.00 e. The zero-order valence-electron chi connectivity index (χ0n) is 13.5. The van der Waals surface area contributed by atoms with Crippen molar-refractivity contribution < 1.29 is 192 Å². The first-order chi connectivity index (χ1) is 4.00. The molecular formula is H20Al3K3MgO7S2Si. The zero-order valence-corrected chi connectivity index (χ0v) is 22.9. The summed E-state index contributed by atoms with van der Waals surface area (Å²) < 4.78 is 57.6. The summed E-state index contributed by atoms with van der Waals surface area (Å²) in [7, 11) is -8.36. The molecule has 0 rings (SSSR count). The van der Waals surface area contributed by atoms with Gasteiger partial charge < -0.3 is 7.13 Å². The summed E-state index contributed by atoms with van der Waals surface area (Å²) in [5, 5.41) is 0. The molecule has 0 aliphatic carbocycles. The second-order valence-electron chi connectivity index (χ2n) is 1.18. The first kappa shape index (κ1) is 56.4. The van der Waals surface area contributed by atoms with Gasteiger partial charge in [-0.1, -0.05) is 0 Å². The Morgan fingerprint density at radius 1 is 0.765 bits per heavy atom. The van der Waals surface area contributed by atoms with E-state index < -0.39 is 20.0 Å². The molecule has 0 saturated carbocycles. The van der Waals surface area contributed by atoms with Crippen molar-refractivity contribution >= 4 is 104 Å². The molecule has 0 amide bonds. The maximum Gasteiger partial charge on any atom is 2.00 e. The molecule has 0 saturated heterocycles. The number of hydrogen-bond acceptors (Lipinski definition) is 4. The zero-order chi connectivity index (χ0) is 9.00. The molecule has 0 aliphatic heterocycles. The van der Waals surface area contributed by atoms with E-state index in [4.69, 9.17) is 22.1 Å². The minimum absolute atomic E-state index is 0. The molecular weight excluding hydrogens is 427 g/mol. The van der Waals surface area contributed by atoms with Crippen molar-refractivity contribution in [2.75, 3.05) is 0 Å². The van der Waals surface area contributed by atoms with Gasteiger partial charge in [-0.05, 0) is 0 Å². The summed E-state index contributed by atoms with van der Waals surface area (Å²) in [6, 6.07) is 0. The fourth-order valence-corrected chi connectivity index (χ4v) is 0. The average Bonchev–Trinajstić information content (AvgIpc) is 1.12. The van der Waals surface area contributed by atoms with Gasteiger partial charge in [-0.15, -0.1) is 0 Å². The van der Waals surface area contributed by atoms with E-state index in [1.165, 1.54) is 0 Å². The third-order valence-corrected chi connectivity index (χ3v) is 0. The molecule has 17 heteroatoms. The summed E-state index contributed by atoms with van der Waals surface area (Å²) in [4.78, 5) is 0. The Morgan fingerprint density at radius 3 is 0.765 bits per heavy atom. The topological polar surface area (TPSA) is 129 Å². The standard InChI is InChI=1S/3Al.3K.Mg.H2O4S.H4O3SSi.14H/c;;;;;;;1-5(2,3)4;1-4(2,3)5;;;;;;;;;;;;;;/h;;;;;;;(H2,1,2,3,4);5H3,(H,1,2,3);;;;;;;;;;;;;;/q;;;3*+1;+2;;;;;;;;;;;;5*-1. The van der Waals surface area contributed by atoms with Crippen LogP contribution in [0.5, 0.6) is 0 Å². The van der Waals surface area contributed by atoms with Gasteiger partial charge in [-0.2, -0.15) is 8.42 Å². The maximum atomic E-state index is 9.25. The molecule has 17 heavy (non-hydrogen) atoms. The van der Waals surface area contributed by atoms with Gasteiger partial charge in [0.1, 0.15) is 0 Å². The SMILES string of the molecule is O=S(=O)(O)O.O=S(=O)(O)[SiH3].[AlH3].[AlH3].[AlH3].[H-].[H-].[H-].[H-].[H-].[K+].[K+].[K+].[Mg+2]. The minimum atomic E-state index is -4.67. The quantitative estimate of drug-likeness (QED) is 0.249. The Bertz CT molecular complexity index is 252. The molecule has 0 heterocycles. The van der Waals surface area contributed by atoms with Crippen LogP contribution >= 0.6 is 0 Å². The predicted octanol–water partition coefficient (Wildman–Crippen LogP) is -14.9. The first-order valence-corrected chi connectivity index (χ1v) is 7.32. The van der Waals surface area contributed by atoms with Crippen LogP contribution in [0, 0.1) is 0 Å². The van der Waals surface area contributed by atoms with Crippen LogP contribution in [0.3, 0.4) is 0 Å². The molecule has 0 aromatic rings. The van der Waals surface area contributed by atoms with Crippen LogP contribution in [0.1, 0.15) is 7.13 Å². The van der Waals surface area contributed by atoms with E-state index in [0.717, 1.165) is 0 Å². The summed E-state index contributed by atoms with van der Waals surface area (Å²) in [5.41, 5.74) is 0. The van der Waals surface area contributed by atoms with Crippen molar-refractivity contribution in [1.29, 1.82) is 0 Å². The van der Waals surface area contributed by atoms with E-state index >= 15 is 0 Å². The van der Waals surface area contributed by atoms with Gasteiger partial charge in [-0.3, -0.25) is 13.7 Å². The third-order valence-electron chi connectivity index (χ3n) is 0. The average molecular weight is 447 g/mol. The van der Waals surface area contributed by atoms with Crippen LogP contribution in [0.25, 0.3) is 0 Å². The minimum Gasteiger partial charge on any atom is -1.00 e. The maximum absolute atomic E-state index is 9.25. The van der Waals surface area contributed by atoms with Crippen LogP contribution in [0.15, 0.2) is 0 Å². The first-order valence-electron chi connectivity index (χ1n) is 1.62. The second-order valence-corrected chi connectivity index (χ2v) is 6.64. The van der Waals surface area contributed by atoms with Gasteiger partial charge in [0.05, 0.1) is 0 Å². The van der Waals surface area contributed by atoms with Gasteiger partial charge in [0, 0.05) is 0 Å². The molecule has 7 nitrogen and oxygen atoms in total. The predicted molar refractivity (Wildman–Crippen MR) is 76.8 cm³/mol. The van der Waals surface area contributed by atoms with Crippen LogP contribution < -0.4 is 154 Å². The Balaban J connectivity index is -0.00000000314. The third kappa shape index (κ3) is 199. The van der Waals surface area contributed by atoms with Crippen molar-refractivity contribution in [1.82, 2.24) is 0 Å². The van der Waals surface area contributed by atoms with E-state index in [1.807, 2.05) is 0 Å². The van der Waals surface area contributed by atoms with Crippen LogP contribution in [-0.2, 0) is 20.0 Å². The summed E-state index contributed by atoms with van der Waals surface area (Å²) in [6.45, 7) is 0. The summed E-state index contributed by atoms with van der Waals surface area (Å²) in [6.07, 6.45) is 0. The van der Waals surface area contributed by atoms with E-state index in [1.54, 1.807) is 0 Å². The Hall–Kier alpha value is 7.27. The largest absolute Gasteiger partial charge is 2.00 e. The van der Waals surface area contributed by atoms with Crippen molar-refractivity contribution in [3.63, 3.8) is 0 Å². The Kier molecular flexibility index (Phi) is 103. The second kappa shape index (κ2) is 31.1. The number of hydrogen-bond donors (Lipinski definition) is 3. The fourth-order valence-electron chi connectivity index (χ4n) is 0. The fraction of sp³-hybridized carbons (Fsp3) is 0. The molecule has 0 radical (unpaired) electrons. The Labute approximate surface area is 288 Å². The van der Waals surface area contributed by atoms with E-state index in [-0.39, 0.29) is 246 Å². The van der Waals surface area contributed by atoms with Crippen molar-refractivity contribution in [2.45, 2.75) is 0 Å². The van der Waals surface area contributed by atoms with Crippen molar-refractivity contribution in [3.8, 4) is 0 Å². The number of rotatable bonds is 0. The summed E-state index contributed by atoms with van der Waals surface area (Å²) >= 11 is 0. The van der Waals surface area contributed by atoms with E-state index in [2.05, 4.69) is 0 Å². The van der Waals surface area contributed by atoms with Crippen LogP contribution in [0.2, 0.25) is 0 Å². The van der Waals surface area contributed by atoms with Gasteiger partial charge >= 0.3 is 188 Å².